The van der Waals surface area contributed by atoms with E-state index in [4.69, 9.17) is 5.73 Å². The van der Waals surface area contributed by atoms with Crippen LogP contribution in [0.2, 0.25) is 0 Å². The van der Waals surface area contributed by atoms with Gasteiger partial charge in [-0.05, 0) is 61.8 Å². The molecule has 2 rings (SSSR count). The Labute approximate surface area is 117 Å². The minimum absolute atomic E-state index is 0.288. The maximum absolute atomic E-state index is 5.83. The van der Waals surface area contributed by atoms with Crippen LogP contribution in [0.3, 0.4) is 0 Å². The first-order valence-electron chi connectivity index (χ1n) is 6.28. The van der Waals surface area contributed by atoms with E-state index in [1.165, 1.54) is 19.3 Å². The molecule has 1 aliphatic carbocycles. The van der Waals surface area contributed by atoms with Crippen molar-refractivity contribution in [3.05, 3.63) is 16.2 Å². The van der Waals surface area contributed by atoms with Gasteiger partial charge >= 0.3 is 0 Å². The first-order valence-corrected chi connectivity index (χ1v) is 7.07. The summed E-state index contributed by atoms with van der Waals surface area (Å²) in [5.74, 6) is 0.884. The molecule has 0 spiro atoms. The van der Waals surface area contributed by atoms with Crippen molar-refractivity contribution in [1.29, 1.82) is 0 Å². The molecule has 0 aliphatic heterocycles. The summed E-state index contributed by atoms with van der Waals surface area (Å²) in [4.78, 5) is 6.68. The molecule has 100 valence electrons. The molecule has 5 heteroatoms. The largest absolute Gasteiger partial charge is 0.397 e. The van der Waals surface area contributed by atoms with Gasteiger partial charge < -0.3 is 16.0 Å². The third-order valence-corrected chi connectivity index (χ3v) is 5.09. The van der Waals surface area contributed by atoms with Crippen molar-refractivity contribution in [3.8, 4) is 0 Å². The zero-order valence-corrected chi connectivity index (χ0v) is 12.8. The second-order valence-electron chi connectivity index (χ2n) is 5.33. The summed E-state index contributed by atoms with van der Waals surface area (Å²) in [6.45, 7) is 2.92. The van der Waals surface area contributed by atoms with Crippen molar-refractivity contribution in [2.75, 3.05) is 31.7 Å². The predicted molar refractivity (Wildman–Crippen MR) is 79.8 cm³/mol. The Hall–Kier alpha value is -0.810. The van der Waals surface area contributed by atoms with Crippen molar-refractivity contribution in [3.63, 3.8) is 0 Å². The van der Waals surface area contributed by atoms with E-state index in [1.807, 2.05) is 6.92 Å². The number of nitrogens with zero attached hydrogens (tertiary/aromatic N) is 2. The number of rotatable bonds is 4. The Bertz CT molecular complexity index is 441. The van der Waals surface area contributed by atoms with Crippen LogP contribution in [0.5, 0.6) is 0 Å². The number of nitrogens with one attached hydrogen (secondary N) is 1. The fourth-order valence-electron chi connectivity index (χ4n) is 2.33. The summed E-state index contributed by atoms with van der Waals surface area (Å²) in [5.41, 5.74) is 7.88. The van der Waals surface area contributed by atoms with Gasteiger partial charge in [0.15, 0.2) is 0 Å². The van der Waals surface area contributed by atoms with Crippen molar-refractivity contribution in [2.24, 2.45) is 0 Å². The van der Waals surface area contributed by atoms with Crippen molar-refractivity contribution >= 4 is 27.4 Å². The van der Waals surface area contributed by atoms with E-state index in [0.29, 0.717) is 0 Å². The third-order valence-electron chi connectivity index (χ3n) is 4.12. The molecule has 0 amide bonds. The predicted octanol–water partition coefficient (Wildman–Crippen LogP) is 2.63. The molecule has 1 aromatic rings. The second-order valence-corrected chi connectivity index (χ2v) is 6.12. The van der Waals surface area contributed by atoms with Gasteiger partial charge in [0.1, 0.15) is 5.82 Å². The maximum atomic E-state index is 5.83. The van der Waals surface area contributed by atoms with E-state index in [-0.39, 0.29) is 5.54 Å². The zero-order chi connectivity index (χ0) is 13.3. The molecule has 18 heavy (non-hydrogen) atoms. The topological polar surface area (TPSA) is 54.2 Å². The maximum Gasteiger partial charge on any atom is 0.140 e. The summed E-state index contributed by atoms with van der Waals surface area (Å²) in [7, 11) is 4.30. The first kappa shape index (κ1) is 13.6. The zero-order valence-electron chi connectivity index (χ0n) is 11.3. The summed E-state index contributed by atoms with van der Waals surface area (Å²) >= 11 is 3.56. The van der Waals surface area contributed by atoms with Crippen LogP contribution in [0.1, 0.15) is 24.8 Å². The fourth-order valence-corrected chi connectivity index (χ4v) is 2.80. The van der Waals surface area contributed by atoms with Crippen LogP contribution < -0.4 is 11.1 Å². The van der Waals surface area contributed by atoms with Gasteiger partial charge in [-0.2, -0.15) is 0 Å². The quantitative estimate of drug-likeness (QED) is 0.897. The SMILES string of the molecule is Cc1c(N)cnc(NCC2(N(C)C)CCC2)c1Br. The number of likely N-dealkylation sites (N-methyl/N-ethyl adjacent to an activating group) is 1. The Morgan fingerprint density at radius 1 is 1.50 bits per heavy atom. The summed E-state index contributed by atoms with van der Waals surface area (Å²) in [6, 6.07) is 0. The number of pyridine rings is 1. The number of aromatic nitrogens is 1. The number of nitrogen functional groups attached to an aromatic ring is 1. The van der Waals surface area contributed by atoms with E-state index in [1.54, 1.807) is 6.20 Å². The van der Waals surface area contributed by atoms with Crippen LogP contribution in [0.25, 0.3) is 0 Å². The first-order chi connectivity index (χ1) is 8.46. The molecule has 1 fully saturated rings. The lowest BCUT2D eigenvalue weighted by Crippen LogP contribution is -2.54. The number of halogens is 1. The molecular weight excluding hydrogens is 292 g/mol. The van der Waals surface area contributed by atoms with Crippen molar-refractivity contribution < 1.29 is 0 Å². The van der Waals surface area contributed by atoms with Gasteiger partial charge in [0.25, 0.3) is 0 Å². The average molecular weight is 313 g/mol. The highest BCUT2D eigenvalue weighted by Gasteiger charge is 2.38. The second kappa shape index (κ2) is 5.05. The summed E-state index contributed by atoms with van der Waals surface area (Å²) < 4.78 is 0.968. The van der Waals surface area contributed by atoms with E-state index in [9.17, 15) is 0 Å². The molecule has 3 N–H and O–H groups in total. The Balaban J connectivity index is 2.09. The number of hydrogen-bond acceptors (Lipinski definition) is 4. The molecule has 1 heterocycles. The lowest BCUT2D eigenvalue weighted by Gasteiger charge is -2.47. The third kappa shape index (κ3) is 2.34. The van der Waals surface area contributed by atoms with Gasteiger partial charge in [-0.25, -0.2) is 4.98 Å². The molecule has 0 radical (unpaired) electrons. The molecule has 1 saturated carbocycles. The molecule has 0 unspecified atom stereocenters. The average Bonchev–Trinajstić information content (AvgIpc) is 2.27. The number of nitrogens with two attached hydrogens (primary N) is 1. The highest BCUT2D eigenvalue weighted by Crippen LogP contribution is 2.37. The van der Waals surface area contributed by atoms with Crippen molar-refractivity contribution in [2.45, 2.75) is 31.7 Å². The van der Waals surface area contributed by atoms with Crippen LogP contribution in [0.15, 0.2) is 10.7 Å². The molecule has 1 aliphatic rings. The van der Waals surface area contributed by atoms with E-state index in [2.05, 4.69) is 45.2 Å². The minimum atomic E-state index is 0.288. The van der Waals surface area contributed by atoms with Crippen LogP contribution in [-0.4, -0.2) is 36.1 Å². The Kier molecular flexibility index (Phi) is 3.82. The monoisotopic (exact) mass is 312 g/mol. The van der Waals surface area contributed by atoms with Gasteiger partial charge in [0.05, 0.1) is 16.4 Å². The molecular formula is C13H21BrN4. The molecule has 4 nitrogen and oxygen atoms in total. The van der Waals surface area contributed by atoms with Gasteiger partial charge in [-0.3, -0.25) is 0 Å². The fraction of sp³-hybridized carbons (Fsp3) is 0.615. The molecule has 0 atom stereocenters. The van der Waals surface area contributed by atoms with Gasteiger partial charge in [-0.1, -0.05) is 0 Å². The lowest BCUT2D eigenvalue weighted by molar-refractivity contribution is 0.0738. The number of hydrogen-bond donors (Lipinski definition) is 2. The van der Waals surface area contributed by atoms with E-state index < -0.39 is 0 Å². The van der Waals surface area contributed by atoms with E-state index in [0.717, 1.165) is 28.1 Å². The van der Waals surface area contributed by atoms with Gasteiger partial charge in [0.2, 0.25) is 0 Å². The lowest BCUT2D eigenvalue weighted by atomic mass is 9.75. The summed E-state index contributed by atoms with van der Waals surface area (Å²) in [6.07, 6.45) is 5.53. The molecule has 1 aromatic heterocycles. The Morgan fingerprint density at radius 3 is 2.67 bits per heavy atom. The molecule has 0 aromatic carbocycles. The molecule has 0 saturated heterocycles. The number of anilines is 2. The summed E-state index contributed by atoms with van der Waals surface area (Å²) in [5, 5.41) is 3.45. The normalized spacial score (nSPS) is 17.6. The standard InChI is InChI=1S/C13H21BrN4/c1-9-10(15)7-16-12(11(9)14)17-8-13(18(2)3)5-4-6-13/h7H,4-6,8,15H2,1-3H3,(H,16,17). The van der Waals surface area contributed by atoms with Crippen LogP contribution >= 0.6 is 15.9 Å². The highest BCUT2D eigenvalue weighted by molar-refractivity contribution is 9.10. The van der Waals surface area contributed by atoms with E-state index >= 15 is 0 Å². The molecule has 0 bridgehead atoms. The minimum Gasteiger partial charge on any atom is -0.397 e. The van der Waals surface area contributed by atoms with Crippen LogP contribution in [0, 0.1) is 6.92 Å². The van der Waals surface area contributed by atoms with Crippen molar-refractivity contribution in [1.82, 2.24) is 9.88 Å². The highest BCUT2D eigenvalue weighted by atomic mass is 79.9. The van der Waals surface area contributed by atoms with Gasteiger partial charge in [0, 0.05) is 12.1 Å². The Morgan fingerprint density at radius 2 is 2.17 bits per heavy atom. The van der Waals surface area contributed by atoms with Crippen LogP contribution in [0.4, 0.5) is 11.5 Å². The van der Waals surface area contributed by atoms with Gasteiger partial charge in [-0.15, -0.1) is 0 Å². The van der Waals surface area contributed by atoms with Crippen LogP contribution in [-0.2, 0) is 0 Å². The smallest absolute Gasteiger partial charge is 0.140 e.